The molecule has 2 aliphatic carbocycles. The van der Waals surface area contributed by atoms with E-state index in [1.54, 1.807) is 0 Å². The highest BCUT2D eigenvalue weighted by molar-refractivity contribution is 7.93. The highest BCUT2D eigenvalue weighted by atomic mass is 32.2. The molecule has 0 aromatic carbocycles. The molecule has 0 atom stereocenters. The normalized spacial score (nSPS) is 27.1. The van der Waals surface area contributed by atoms with Crippen molar-refractivity contribution in [3.63, 3.8) is 0 Å². The molecule has 2 aliphatic rings. The molecule has 0 bridgehead atoms. The van der Waals surface area contributed by atoms with E-state index in [1.807, 2.05) is 0 Å². The molecular weight excluding hydrogens is 240 g/mol. The Labute approximate surface area is 102 Å². The summed E-state index contributed by atoms with van der Waals surface area (Å²) in [5.74, 6) is -1.16. The fraction of sp³-hybridized carbons (Fsp3) is 0.917. The van der Waals surface area contributed by atoms with Crippen molar-refractivity contribution in [3.8, 4) is 0 Å². The third-order valence-corrected chi connectivity index (χ3v) is 6.47. The fourth-order valence-electron chi connectivity index (χ4n) is 3.56. The fourth-order valence-corrected chi connectivity index (χ4v) is 5.02. The van der Waals surface area contributed by atoms with E-state index in [0.29, 0.717) is 12.8 Å². The van der Waals surface area contributed by atoms with Gasteiger partial charge in [0.25, 0.3) is 0 Å². The minimum Gasteiger partial charge on any atom is -0.480 e. The maximum absolute atomic E-state index is 11.7. The van der Waals surface area contributed by atoms with Crippen LogP contribution in [0, 0.1) is 5.41 Å². The monoisotopic (exact) mass is 260 g/mol. The molecule has 1 N–H and O–H groups in total. The zero-order valence-electron chi connectivity index (χ0n) is 10.2. The smallest absolute Gasteiger partial charge is 0.325 e. The van der Waals surface area contributed by atoms with Crippen LogP contribution in [-0.4, -0.2) is 30.5 Å². The largest absolute Gasteiger partial charge is 0.480 e. The molecular formula is C12H20O4S. The minimum absolute atomic E-state index is 0.00201. The van der Waals surface area contributed by atoms with E-state index in [0.717, 1.165) is 31.9 Å². The molecule has 0 unspecified atom stereocenters. The van der Waals surface area contributed by atoms with E-state index in [4.69, 9.17) is 0 Å². The average Bonchev–Trinajstić information content (AvgIpc) is 2.36. The summed E-state index contributed by atoms with van der Waals surface area (Å²) in [5.41, 5.74) is -0.00201. The number of carboxylic acid groups (broad SMARTS) is 1. The number of carbonyl (C=O) groups is 1. The van der Waals surface area contributed by atoms with Gasteiger partial charge in [0.2, 0.25) is 0 Å². The number of sulfone groups is 1. The van der Waals surface area contributed by atoms with Gasteiger partial charge in [0.15, 0.2) is 14.6 Å². The van der Waals surface area contributed by atoms with Gasteiger partial charge in [-0.15, -0.1) is 0 Å². The van der Waals surface area contributed by atoms with Crippen molar-refractivity contribution < 1.29 is 18.3 Å². The van der Waals surface area contributed by atoms with E-state index in [9.17, 15) is 18.3 Å². The number of aliphatic carboxylic acids is 1. The summed E-state index contributed by atoms with van der Waals surface area (Å²) in [4.78, 5) is 11.3. The van der Waals surface area contributed by atoms with Gasteiger partial charge in [0, 0.05) is 6.26 Å². The Morgan fingerprint density at radius 2 is 1.53 bits per heavy atom. The first kappa shape index (κ1) is 12.9. The zero-order valence-corrected chi connectivity index (χ0v) is 11.1. The first-order valence-corrected chi connectivity index (χ1v) is 8.14. The lowest BCUT2D eigenvalue weighted by molar-refractivity contribution is -0.147. The van der Waals surface area contributed by atoms with Crippen LogP contribution in [0.1, 0.15) is 51.4 Å². The van der Waals surface area contributed by atoms with Crippen molar-refractivity contribution in [1.29, 1.82) is 0 Å². The maximum Gasteiger partial charge on any atom is 0.325 e. The predicted octanol–water partition coefficient (Wildman–Crippen LogP) is 1.99. The summed E-state index contributed by atoms with van der Waals surface area (Å²) >= 11 is 0. The van der Waals surface area contributed by atoms with Gasteiger partial charge in [-0.3, -0.25) is 4.79 Å². The van der Waals surface area contributed by atoms with Gasteiger partial charge in [0.1, 0.15) is 0 Å². The average molecular weight is 260 g/mol. The van der Waals surface area contributed by atoms with Crippen LogP contribution in [0.4, 0.5) is 0 Å². The summed E-state index contributed by atoms with van der Waals surface area (Å²) < 4.78 is 21.9. The third-order valence-electron chi connectivity index (χ3n) is 4.58. The van der Waals surface area contributed by atoms with E-state index >= 15 is 0 Å². The van der Waals surface area contributed by atoms with Crippen molar-refractivity contribution in [2.45, 2.75) is 56.1 Å². The summed E-state index contributed by atoms with van der Waals surface area (Å²) in [7, 11) is -3.51. The Bertz CT molecular complexity index is 408. The van der Waals surface area contributed by atoms with Crippen LogP contribution >= 0.6 is 0 Å². The molecule has 0 aromatic rings. The topological polar surface area (TPSA) is 71.4 Å². The summed E-state index contributed by atoms with van der Waals surface area (Å²) in [6, 6.07) is 0. The predicted molar refractivity (Wildman–Crippen MR) is 64.6 cm³/mol. The zero-order chi connectivity index (χ0) is 12.7. The lowest BCUT2D eigenvalue weighted by atomic mass is 9.58. The molecule has 98 valence electrons. The standard InChI is InChI=1S/C12H20O4S/c1-17(15,16)12(10(13)14)8-11(9-12)6-4-2-3-5-7-11/h2-9H2,1H3,(H,13,14). The Kier molecular flexibility index (Phi) is 3.00. The van der Waals surface area contributed by atoms with E-state index in [-0.39, 0.29) is 5.41 Å². The lowest BCUT2D eigenvalue weighted by Crippen LogP contribution is -2.61. The van der Waals surface area contributed by atoms with Crippen LogP contribution in [0.3, 0.4) is 0 Å². The molecule has 0 aromatic heterocycles. The van der Waals surface area contributed by atoms with Gasteiger partial charge in [-0.2, -0.15) is 0 Å². The molecule has 0 saturated heterocycles. The maximum atomic E-state index is 11.7. The third kappa shape index (κ3) is 1.98. The van der Waals surface area contributed by atoms with Crippen molar-refractivity contribution >= 4 is 15.8 Å². The molecule has 2 rings (SSSR count). The molecule has 0 aliphatic heterocycles. The van der Waals surface area contributed by atoms with E-state index < -0.39 is 20.6 Å². The number of rotatable bonds is 2. The number of hydrogen-bond donors (Lipinski definition) is 1. The second kappa shape index (κ2) is 3.97. The SMILES string of the molecule is CS(=O)(=O)C1(C(=O)O)CC2(CCCCCC2)C1. The molecule has 0 heterocycles. The van der Waals surface area contributed by atoms with Crippen LogP contribution < -0.4 is 0 Å². The van der Waals surface area contributed by atoms with E-state index in [1.165, 1.54) is 12.8 Å². The number of carboxylic acids is 1. The van der Waals surface area contributed by atoms with Crippen molar-refractivity contribution in [2.75, 3.05) is 6.26 Å². The highest BCUT2D eigenvalue weighted by Gasteiger charge is 2.64. The van der Waals surface area contributed by atoms with Gasteiger partial charge in [0.05, 0.1) is 0 Å². The van der Waals surface area contributed by atoms with Crippen LogP contribution in [-0.2, 0) is 14.6 Å². The van der Waals surface area contributed by atoms with Crippen molar-refractivity contribution in [3.05, 3.63) is 0 Å². The second-order valence-electron chi connectivity index (χ2n) is 5.84. The summed E-state index contributed by atoms with van der Waals surface area (Å²) in [6.07, 6.45) is 8.32. The Morgan fingerprint density at radius 3 is 1.88 bits per heavy atom. The summed E-state index contributed by atoms with van der Waals surface area (Å²) in [6.45, 7) is 0. The molecule has 5 heteroatoms. The van der Waals surface area contributed by atoms with E-state index in [2.05, 4.69) is 0 Å². The molecule has 17 heavy (non-hydrogen) atoms. The van der Waals surface area contributed by atoms with Crippen LogP contribution in [0.25, 0.3) is 0 Å². The molecule has 0 radical (unpaired) electrons. The van der Waals surface area contributed by atoms with Crippen LogP contribution in [0.2, 0.25) is 0 Å². The Hall–Kier alpha value is -0.580. The molecule has 2 saturated carbocycles. The molecule has 2 fully saturated rings. The molecule has 0 amide bonds. The van der Waals surface area contributed by atoms with Gasteiger partial charge in [-0.1, -0.05) is 25.7 Å². The van der Waals surface area contributed by atoms with Crippen molar-refractivity contribution in [1.82, 2.24) is 0 Å². The minimum atomic E-state index is -3.51. The quantitative estimate of drug-likeness (QED) is 0.824. The van der Waals surface area contributed by atoms with Crippen LogP contribution in [0.5, 0.6) is 0 Å². The first-order chi connectivity index (χ1) is 7.81. The molecule has 4 nitrogen and oxygen atoms in total. The van der Waals surface area contributed by atoms with Crippen LogP contribution in [0.15, 0.2) is 0 Å². The Morgan fingerprint density at radius 1 is 1.06 bits per heavy atom. The highest BCUT2D eigenvalue weighted by Crippen LogP contribution is 2.59. The second-order valence-corrected chi connectivity index (χ2v) is 8.17. The van der Waals surface area contributed by atoms with Gasteiger partial charge in [-0.25, -0.2) is 8.42 Å². The van der Waals surface area contributed by atoms with Gasteiger partial charge >= 0.3 is 5.97 Å². The van der Waals surface area contributed by atoms with Crippen molar-refractivity contribution in [2.24, 2.45) is 5.41 Å². The first-order valence-electron chi connectivity index (χ1n) is 6.24. The van der Waals surface area contributed by atoms with Gasteiger partial charge in [-0.05, 0) is 31.1 Å². The summed E-state index contributed by atoms with van der Waals surface area (Å²) in [5, 5.41) is 9.22. The molecule has 1 spiro atoms. The number of hydrogen-bond acceptors (Lipinski definition) is 3. The lowest BCUT2D eigenvalue weighted by Gasteiger charge is -2.52. The van der Waals surface area contributed by atoms with Gasteiger partial charge < -0.3 is 5.11 Å². The Balaban J connectivity index is 2.20.